The highest BCUT2D eigenvalue weighted by Crippen LogP contribution is 2.44. The number of nitrogens with zero attached hydrogens (tertiary/aromatic N) is 2. The third kappa shape index (κ3) is 3.43. The van der Waals surface area contributed by atoms with Crippen molar-refractivity contribution in [3.63, 3.8) is 0 Å². The molecule has 0 aromatic carbocycles. The Morgan fingerprint density at radius 1 is 1.50 bits per heavy atom. The third-order valence-electron chi connectivity index (χ3n) is 3.19. The first kappa shape index (κ1) is 13.8. The Balaban J connectivity index is 2.00. The van der Waals surface area contributed by atoms with Crippen molar-refractivity contribution >= 4 is 16.5 Å². The van der Waals surface area contributed by atoms with E-state index in [1.807, 2.05) is 18.4 Å². The Labute approximate surface area is 113 Å². The Morgan fingerprint density at radius 3 is 2.89 bits per heavy atom. The molecule has 0 bridgehead atoms. The van der Waals surface area contributed by atoms with Crippen molar-refractivity contribution in [3.8, 4) is 0 Å². The molecule has 0 unspecified atom stereocenters. The molecule has 1 heterocycles. The SMILES string of the molecule is CNCc1sc(N(C)CCCOC)nc1C1CC1. The first-order chi connectivity index (χ1) is 8.76. The first-order valence-electron chi connectivity index (χ1n) is 6.60. The molecule has 0 saturated heterocycles. The van der Waals surface area contributed by atoms with Crippen LogP contribution in [0, 0.1) is 0 Å². The van der Waals surface area contributed by atoms with E-state index in [2.05, 4.69) is 17.3 Å². The zero-order chi connectivity index (χ0) is 13.0. The summed E-state index contributed by atoms with van der Waals surface area (Å²) in [7, 11) is 5.87. The predicted octanol–water partition coefficient (Wildman–Crippen LogP) is 2.21. The van der Waals surface area contributed by atoms with Crippen LogP contribution in [0.25, 0.3) is 0 Å². The lowest BCUT2D eigenvalue weighted by molar-refractivity contribution is 0.196. The van der Waals surface area contributed by atoms with Crippen molar-refractivity contribution in [1.29, 1.82) is 0 Å². The van der Waals surface area contributed by atoms with Gasteiger partial charge in [-0.15, -0.1) is 11.3 Å². The van der Waals surface area contributed by atoms with Gasteiger partial charge in [0.2, 0.25) is 0 Å². The highest BCUT2D eigenvalue weighted by molar-refractivity contribution is 7.15. The molecule has 1 aromatic rings. The van der Waals surface area contributed by atoms with E-state index in [4.69, 9.17) is 9.72 Å². The van der Waals surface area contributed by atoms with Crippen LogP contribution >= 0.6 is 11.3 Å². The topological polar surface area (TPSA) is 37.4 Å². The minimum Gasteiger partial charge on any atom is -0.385 e. The summed E-state index contributed by atoms with van der Waals surface area (Å²) in [5, 5.41) is 4.39. The quantitative estimate of drug-likeness (QED) is 0.734. The first-order valence-corrected chi connectivity index (χ1v) is 7.42. The zero-order valence-corrected chi connectivity index (χ0v) is 12.3. The number of rotatable bonds is 8. The van der Waals surface area contributed by atoms with Gasteiger partial charge in [-0.05, 0) is 26.3 Å². The molecule has 4 nitrogen and oxygen atoms in total. The molecule has 1 aliphatic carbocycles. The van der Waals surface area contributed by atoms with Crippen LogP contribution in [0.15, 0.2) is 0 Å². The van der Waals surface area contributed by atoms with E-state index < -0.39 is 0 Å². The molecule has 0 atom stereocenters. The molecule has 0 spiro atoms. The van der Waals surface area contributed by atoms with Crippen LogP contribution in [-0.2, 0) is 11.3 Å². The number of thiazole rings is 1. The van der Waals surface area contributed by atoms with Crippen molar-refractivity contribution in [3.05, 3.63) is 10.6 Å². The maximum absolute atomic E-state index is 5.09. The highest BCUT2D eigenvalue weighted by atomic mass is 32.1. The number of methoxy groups -OCH3 is 1. The van der Waals surface area contributed by atoms with Gasteiger partial charge in [-0.1, -0.05) is 0 Å². The van der Waals surface area contributed by atoms with Crippen LogP contribution in [0.5, 0.6) is 0 Å². The van der Waals surface area contributed by atoms with Crippen molar-refractivity contribution in [2.24, 2.45) is 0 Å². The van der Waals surface area contributed by atoms with E-state index in [1.54, 1.807) is 7.11 Å². The lowest BCUT2D eigenvalue weighted by Gasteiger charge is -2.14. The van der Waals surface area contributed by atoms with Gasteiger partial charge in [0.25, 0.3) is 0 Å². The Bertz CT molecular complexity index is 376. The van der Waals surface area contributed by atoms with Crippen molar-refractivity contribution < 1.29 is 4.74 Å². The van der Waals surface area contributed by atoms with Crippen molar-refractivity contribution in [2.75, 3.05) is 39.3 Å². The minimum atomic E-state index is 0.728. The van der Waals surface area contributed by atoms with E-state index in [1.165, 1.54) is 23.4 Å². The molecule has 1 aromatic heterocycles. The molecule has 2 rings (SSSR count). The van der Waals surface area contributed by atoms with Crippen LogP contribution < -0.4 is 10.2 Å². The van der Waals surface area contributed by atoms with Crippen LogP contribution in [0.2, 0.25) is 0 Å². The zero-order valence-electron chi connectivity index (χ0n) is 11.5. The molecule has 102 valence electrons. The van der Waals surface area contributed by atoms with Gasteiger partial charge in [-0.25, -0.2) is 4.98 Å². The molecule has 1 aliphatic rings. The summed E-state index contributed by atoms with van der Waals surface area (Å²) >= 11 is 1.83. The van der Waals surface area contributed by atoms with Gasteiger partial charge in [0.15, 0.2) is 5.13 Å². The number of hydrogen-bond donors (Lipinski definition) is 1. The van der Waals surface area contributed by atoms with E-state index in [-0.39, 0.29) is 0 Å². The maximum atomic E-state index is 5.09. The monoisotopic (exact) mass is 269 g/mol. The highest BCUT2D eigenvalue weighted by Gasteiger charge is 2.29. The second-order valence-corrected chi connectivity index (χ2v) is 5.94. The smallest absolute Gasteiger partial charge is 0.185 e. The second-order valence-electron chi connectivity index (χ2n) is 4.88. The normalized spacial score (nSPS) is 15.1. The summed E-state index contributed by atoms with van der Waals surface area (Å²) < 4.78 is 5.09. The van der Waals surface area contributed by atoms with Crippen LogP contribution in [-0.4, -0.2) is 39.3 Å². The van der Waals surface area contributed by atoms with E-state index in [9.17, 15) is 0 Å². The molecular formula is C13H23N3OS. The van der Waals surface area contributed by atoms with Gasteiger partial charge < -0.3 is 15.0 Å². The van der Waals surface area contributed by atoms with Crippen LogP contribution in [0.3, 0.4) is 0 Å². The van der Waals surface area contributed by atoms with Gasteiger partial charge in [-0.2, -0.15) is 0 Å². The standard InChI is InChI=1S/C13H23N3OS/c1-14-9-11-12(10-5-6-10)15-13(18-11)16(2)7-4-8-17-3/h10,14H,4-9H2,1-3H3. The number of aromatic nitrogens is 1. The molecule has 1 N–H and O–H groups in total. The number of anilines is 1. The molecular weight excluding hydrogens is 246 g/mol. The largest absolute Gasteiger partial charge is 0.385 e. The molecule has 0 radical (unpaired) electrons. The fraction of sp³-hybridized carbons (Fsp3) is 0.769. The van der Waals surface area contributed by atoms with E-state index >= 15 is 0 Å². The van der Waals surface area contributed by atoms with E-state index in [0.29, 0.717) is 0 Å². The summed E-state index contributed by atoms with van der Waals surface area (Å²) in [5.74, 6) is 0.728. The van der Waals surface area contributed by atoms with Crippen molar-refractivity contribution in [1.82, 2.24) is 10.3 Å². The third-order valence-corrected chi connectivity index (χ3v) is 4.37. The summed E-state index contributed by atoms with van der Waals surface area (Å²) in [6, 6.07) is 0. The Morgan fingerprint density at radius 2 is 2.28 bits per heavy atom. The summed E-state index contributed by atoms with van der Waals surface area (Å²) in [6.07, 6.45) is 3.67. The Hall–Kier alpha value is -0.650. The van der Waals surface area contributed by atoms with Gasteiger partial charge in [0.1, 0.15) is 0 Å². The fourth-order valence-corrected chi connectivity index (χ4v) is 3.16. The summed E-state index contributed by atoms with van der Waals surface area (Å²) in [6.45, 7) is 2.76. The Kier molecular flexibility index (Phi) is 4.97. The molecule has 5 heteroatoms. The fourth-order valence-electron chi connectivity index (χ4n) is 2.02. The molecule has 1 fully saturated rings. The molecule has 1 saturated carbocycles. The lowest BCUT2D eigenvalue weighted by Crippen LogP contribution is -2.19. The maximum Gasteiger partial charge on any atom is 0.185 e. The van der Waals surface area contributed by atoms with Gasteiger partial charge >= 0.3 is 0 Å². The average Bonchev–Trinajstić information content (AvgIpc) is 3.12. The van der Waals surface area contributed by atoms with E-state index in [0.717, 1.165) is 37.2 Å². The number of nitrogens with one attached hydrogen (secondary N) is 1. The van der Waals surface area contributed by atoms with Gasteiger partial charge in [0.05, 0.1) is 5.69 Å². The minimum absolute atomic E-state index is 0.728. The summed E-state index contributed by atoms with van der Waals surface area (Å²) in [4.78, 5) is 8.49. The lowest BCUT2D eigenvalue weighted by atomic mass is 10.2. The second kappa shape index (κ2) is 6.50. The van der Waals surface area contributed by atoms with Gasteiger partial charge in [0, 0.05) is 44.6 Å². The van der Waals surface area contributed by atoms with Crippen LogP contribution in [0.1, 0.15) is 35.8 Å². The van der Waals surface area contributed by atoms with Crippen LogP contribution in [0.4, 0.5) is 5.13 Å². The predicted molar refractivity (Wildman–Crippen MR) is 76.6 cm³/mol. The average molecular weight is 269 g/mol. The molecule has 0 amide bonds. The summed E-state index contributed by atoms with van der Waals surface area (Å²) in [5.41, 5.74) is 1.34. The van der Waals surface area contributed by atoms with Gasteiger partial charge in [-0.3, -0.25) is 0 Å². The number of ether oxygens (including phenoxy) is 1. The van der Waals surface area contributed by atoms with Crippen molar-refractivity contribution in [2.45, 2.75) is 31.7 Å². The molecule has 18 heavy (non-hydrogen) atoms. The number of hydrogen-bond acceptors (Lipinski definition) is 5. The molecule has 0 aliphatic heterocycles.